The number of methoxy groups -OCH3 is 3. The molecule has 2 aromatic carbocycles. The second kappa shape index (κ2) is 8.97. The Morgan fingerprint density at radius 1 is 0.964 bits per heavy atom. The molecule has 0 atom stereocenters. The number of nitrogens with one attached hydrogen (secondary N) is 1. The first-order valence-corrected chi connectivity index (χ1v) is 10.2. The Kier molecular flexibility index (Phi) is 6.90. The molecule has 2 aromatic rings. The van der Waals surface area contributed by atoms with E-state index in [9.17, 15) is 13.2 Å². The Morgan fingerprint density at radius 2 is 1.50 bits per heavy atom. The summed E-state index contributed by atoms with van der Waals surface area (Å²) in [5, 5.41) is 2.27. The maximum absolute atomic E-state index is 12.4. The lowest BCUT2D eigenvalue weighted by atomic mass is 10.1. The van der Waals surface area contributed by atoms with Crippen LogP contribution >= 0.6 is 0 Å². The number of ether oxygens (including phenoxy) is 3. The van der Waals surface area contributed by atoms with Crippen LogP contribution in [-0.4, -0.2) is 40.9 Å². The maximum atomic E-state index is 12.4. The summed E-state index contributed by atoms with van der Waals surface area (Å²) in [6, 6.07) is 9.40. The highest BCUT2D eigenvalue weighted by molar-refractivity contribution is 7.92. The topological polar surface area (TPSA) is 90.9 Å². The fourth-order valence-corrected chi connectivity index (χ4v) is 3.65. The Bertz CT molecular complexity index is 911. The van der Waals surface area contributed by atoms with Gasteiger partial charge >= 0.3 is 0 Å². The lowest BCUT2D eigenvalue weighted by Crippen LogP contribution is -2.23. The van der Waals surface area contributed by atoms with Crippen molar-refractivity contribution in [3.05, 3.63) is 47.5 Å². The third-order valence-electron chi connectivity index (χ3n) is 4.24. The van der Waals surface area contributed by atoms with E-state index in [0.717, 1.165) is 5.56 Å². The van der Waals surface area contributed by atoms with E-state index in [-0.39, 0.29) is 17.3 Å². The van der Waals surface area contributed by atoms with E-state index >= 15 is 0 Å². The van der Waals surface area contributed by atoms with Crippen LogP contribution in [0.1, 0.15) is 29.8 Å². The second-order valence-electron chi connectivity index (χ2n) is 6.33. The van der Waals surface area contributed by atoms with Crippen LogP contribution in [-0.2, 0) is 16.4 Å². The SMILES string of the molecule is COc1cc(CNC(=O)c2ccc(S(=O)(=O)C(C)C)cc2)cc(OC)c1OC. The summed E-state index contributed by atoms with van der Waals surface area (Å²) in [6.07, 6.45) is 0. The second-order valence-corrected chi connectivity index (χ2v) is 8.84. The highest BCUT2D eigenvalue weighted by Crippen LogP contribution is 2.38. The Morgan fingerprint density at radius 3 is 1.93 bits per heavy atom. The van der Waals surface area contributed by atoms with E-state index in [1.54, 1.807) is 26.0 Å². The molecule has 0 aliphatic heterocycles. The molecule has 1 N–H and O–H groups in total. The minimum atomic E-state index is -3.37. The van der Waals surface area contributed by atoms with Crippen molar-refractivity contribution >= 4 is 15.7 Å². The van der Waals surface area contributed by atoms with Gasteiger partial charge in [0.1, 0.15) is 0 Å². The third-order valence-corrected chi connectivity index (χ3v) is 6.41. The van der Waals surface area contributed by atoms with E-state index in [4.69, 9.17) is 14.2 Å². The van der Waals surface area contributed by atoms with Crippen molar-refractivity contribution in [3.8, 4) is 17.2 Å². The molecule has 0 aliphatic carbocycles. The maximum Gasteiger partial charge on any atom is 0.251 e. The molecule has 0 saturated heterocycles. The molecule has 8 heteroatoms. The average Bonchev–Trinajstić information content (AvgIpc) is 2.70. The smallest absolute Gasteiger partial charge is 0.251 e. The minimum Gasteiger partial charge on any atom is -0.493 e. The van der Waals surface area contributed by atoms with Crippen LogP contribution in [0.2, 0.25) is 0 Å². The van der Waals surface area contributed by atoms with Crippen molar-refractivity contribution in [2.45, 2.75) is 30.5 Å². The Hall–Kier alpha value is -2.74. The van der Waals surface area contributed by atoms with Crippen LogP contribution in [0.4, 0.5) is 0 Å². The largest absolute Gasteiger partial charge is 0.493 e. The predicted molar refractivity (Wildman–Crippen MR) is 106 cm³/mol. The van der Waals surface area contributed by atoms with Gasteiger partial charge in [0.25, 0.3) is 5.91 Å². The zero-order valence-electron chi connectivity index (χ0n) is 16.6. The fourth-order valence-electron chi connectivity index (χ4n) is 2.59. The van der Waals surface area contributed by atoms with Crippen molar-refractivity contribution in [3.63, 3.8) is 0 Å². The molecule has 0 fully saturated rings. The van der Waals surface area contributed by atoms with E-state index in [0.29, 0.717) is 22.8 Å². The summed E-state index contributed by atoms with van der Waals surface area (Å²) >= 11 is 0. The summed E-state index contributed by atoms with van der Waals surface area (Å²) in [5.41, 5.74) is 1.14. The van der Waals surface area contributed by atoms with Crippen LogP contribution in [0.5, 0.6) is 17.2 Å². The normalized spacial score (nSPS) is 11.2. The van der Waals surface area contributed by atoms with Crippen molar-refractivity contribution in [2.24, 2.45) is 0 Å². The summed E-state index contributed by atoms with van der Waals surface area (Å²) in [6.45, 7) is 3.47. The highest BCUT2D eigenvalue weighted by atomic mass is 32.2. The number of rotatable bonds is 8. The summed E-state index contributed by atoms with van der Waals surface area (Å²) in [4.78, 5) is 12.6. The predicted octanol–water partition coefficient (Wildman–Crippen LogP) is 2.82. The summed E-state index contributed by atoms with van der Waals surface area (Å²) in [5.74, 6) is 1.15. The molecule has 0 saturated carbocycles. The van der Waals surface area contributed by atoms with Crippen LogP contribution < -0.4 is 19.5 Å². The van der Waals surface area contributed by atoms with Gasteiger partial charge in [-0.3, -0.25) is 4.79 Å². The Balaban J connectivity index is 2.14. The third kappa shape index (κ3) is 4.56. The van der Waals surface area contributed by atoms with E-state index in [2.05, 4.69) is 5.32 Å². The average molecular weight is 407 g/mol. The molecule has 0 aliphatic rings. The van der Waals surface area contributed by atoms with Crippen molar-refractivity contribution in [1.29, 1.82) is 0 Å². The molecule has 1 amide bonds. The van der Waals surface area contributed by atoms with Crippen LogP contribution in [0.3, 0.4) is 0 Å². The number of benzene rings is 2. The summed E-state index contributed by atoms with van der Waals surface area (Å²) < 4.78 is 40.2. The van der Waals surface area contributed by atoms with Crippen LogP contribution in [0.25, 0.3) is 0 Å². The molecule has 0 heterocycles. The van der Waals surface area contributed by atoms with Gasteiger partial charge in [-0.1, -0.05) is 0 Å². The number of sulfone groups is 1. The van der Waals surface area contributed by atoms with Gasteiger partial charge in [-0.05, 0) is 55.8 Å². The Labute approximate surface area is 165 Å². The van der Waals surface area contributed by atoms with E-state index in [1.807, 2.05) is 0 Å². The van der Waals surface area contributed by atoms with Crippen molar-refractivity contribution < 1.29 is 27.4 Å². The molecular weight excluding hydrogens is 382 g/mol. The van der Waals surface area contributed by atoms with Crippen LogP contribution in [0, 0.1) is 0 Å². The molecule has 7 nitrogen and oxygen atoms in total. The number of carbonyl (C=O) groups is 1. The van der Waals surface area contributed by atoms with Gasteiger partial charge in [-0.15, -0.1) is 0 Å². The first kappa shape index (κ1) is 21.6. The summed E-state index contributed by atoms with van der Waals surface area (Å²) in [7, 11) is 1.19. The zero-order valence-corrected chi connectivity index (χ0v) is 17.4. The molecule has 0 spiro atoms. The first-order chi connectivity index (χ1) is 13.2. The molecule has 2 rings (SSSR count). The number of hydrogen-bond donors (Lipinski definition) is 1. The molecule has 28 heavy (non-hydrogen) atoms. The van der Waals surface area contributed by atoms with Crippen molar-refractivity contribution in [2.75, 3.05) is 21.3 Å². The molecule has 0 unspecified atom stereocenters. The molecule has 0 bridgehead atoms. The van der Waals surface area contributed by atoms with Crippen LogP contribution in [0.15, 0.2) is 41.3 Å². The monoisotopic (exact) mass is 407 g/mol. The van der Waals surface area contributed by atoms with Gasteiger partial charge in [0, 0.05) is 12.1 Å². The molecular formula is C20H25NO6S. The molecule has 152 valence electrons. The van der Waals surface area contributed by atoms with Gasteiger partial charge in [0.15, 0.2) is 21.3 Å². The standard InChI is InChI=1S/C20H25NO6S/c1-13(2)28(23,24)16-8-6-15(7-9-16)20(22)21-12-14-10-17(25-3)19(27-5)18(11-14)26-4/h6-11,13H,12H2,1-5H3,(H,21,22). The van der Waals surface area contributed by atoms with Gasteiger partial charge in [0.2, 0.25) is 5.75 Å². The number of amides is 1. The van der Waals surface area contributed by atoms with Gasteiger partial charge < -0.3 is 19.5 Å². The molecule has 0 aromatic heterocycles. The van der Waals surface area contributed by atoms with E-state index in [1.165, 1.54) is 45.6 Å². The van der Waals surface area contributed by atoms with Crippen molar-refractivity contribution in [1.82, 2.24) is 5.32 Å². The van der Waals surface area contributed by atoms with Gasteiger partial charge in [0.05, 0.1) is 31.5 Å². The quantitative estimate of drug-likeness (QED) is 0.724. The van der Waals surface area contributed by atoms with Gasteiger partial charge in [-0.2, -0.15) is 0 Å². The lowest BCUT2D eigenvalue weighted by Gasteiger charge is -2.14. The highest BCUT2D eigenvalue weighted by Gasteiger charge is 2.19. The van der Waals surface area contributed by atoms with E-state index < -0.39 is 15.1 Å². The van der Waals surface area contributed by atoms with Gasteiger partial charge in [-0.25, -0.2) is 8.42 Å². The zero-order chi connectivity index (χ0) is 20.9. The lowest BCUT2D eigenvalue weighted by molar-refractivity contribution is 0.0950. The fraction of sp³-hybridized carbons (Fsp3) is 0.350. The number of hydrogen-bond acceptors (Lipinski definition) is 6. The minimum absolute atomic E-state index is 0.198. The number of carbonyl (C=O) groups excluding carboxylic acids is 1. The first-order valence-electron chi connectivity index (χ1n) is 8.65. The molecule has 0 radical (unpaired) electrons.